The molecular formula is C15H19FN4. The summed E-state index contributed by atoms with van der Waals surface area (Å²) in [5.41, 5.74) is 0.930. The second-order valence-electron chi connectivity index (χ2n) is 5.61. The van der Waals surface area contributed by atoms with Crippen LogP contribution in [0.1, 0.15) is 37.1 Å². The van der Waals surface area contributed by atoms with Crippen molar-refractivity contribution in [1.29, 1.82) is 0 Å². The number of halogens is 1. The molecule has 20 heavy (non-hydrogen) atoms. The maximum Gasteiger partial charge on any atom is 0.150 e. The average Bonchev–Trinajstić information content (AvgIpc) is 2.82. The van der Waals surface area contributed by atoms with Crippen LogP contribution in [0, 0.1) is 11.7 Å². The van der Waals surface area contributed by atoms with Crippen LogP contribution >= 0.6 is 0 Å². The van der Waals surface area contributed by atoms with E-state index in [1.807, 2.05) is 6.07 Å². The van der Waals surface area contributed by atoms with Gasteiger partial charge < -0.3 is 9.88 Å². The molecule has 1 unspecified atom stereocenters. The molecule has 2 heterocycles. The number of hydrogen-bond donors (Lipinski definition) is 1. The summed E-state index contributed by atoms with van der Waals surface area (Å²) in [5.74, 6) is 2.18. The SMILES string of the molecule is CC(C)C1NCCn2c(Cc3cccc(F)c3)nnc21. The van der Waals surface area contributed by atoms with Crippen molar-refractivity contribution >= 4 is 0 Å². The average molecular weight is 274 g/mol. The van der Waals surface area contributed by atoms with Crippen molar-refractivity contribution in [2.45, 2.75) is 32.9 Å². The molecule has 0 radical (unpaired) electrons. The zero-order valence-electron chi connectivity index (χ0n) is 11.8. The van der Waals surface area contributed by atoms with E-state index in [9.17, 15) is 4.39 Å². The lowest BCUT2D eigenvalue weighted by Gasteiger charge is -2.27. The van der Waals surface area contributed by atoms with Gasteiger partial charge in [-0.05, 0) is 23.6 Å². The van der Waals surface area contributed by atoms with E-state index < -0.39 is 0 Å². The van der Waals surface area contributed by atoms with Crippen molar-refractivity contribution in [2.75, 3.05) is 6.54 Å². The van der Waals surface area contributed by atoms with E-state index in [1.165, 1.54) is 6.07 Å². The lowest BCUT2D eigenvalue weighted by atomic mass is 10.0. The molecule has 0 spiro atoms. The molecule has 1 N–H and O–H groups in total. The first-order valence-electron chi connectivity index (χ1n) is 7.05. The van der Waals surface area contributed by atoms with Crippen LogP contribution in [-0.2, 0) is 13.0 Å². The van der Waals surface area contributed by atoms with Gasteiger partial charge in [-0.1, -0.05) is 26.0 Å². The Morgan fingerprint density at radius 3 is 3.00 bits per heavy atom. The largest absolute Gasteiger partial charge is 0.312 e. The summed E-state index contributed by atoms with van der Waals surface area (Å²) >= 11 is 0. The Balaban J connectivity index is 1.89. The normalized spacial score (nSPS) is 18.3. The number of nitrogens with one attached hydrogen (secondary N) is 1. The third-order valence-corrected chi connectivity index (χ3v) is 3.75. The monoisotopic (exact) mass is 274 g/mol. The summed E-state index contributed by atoms with van der Waals surface area (Å²) in [6.07, 6.45) is 0.621. The number of nitrogens with zero attached hydrogens (tertiary/aromatic N) is 3. The number of hydrogen-bond acceptors (Lipinski definition) is 3. The minimum absolute atomic E-state index is 0.206. The quantitative estimate of drug-likeness (QED) is 0.934. The van der Waals surface area contributed by atoms with Gasteiger partial charge in [0.25, 0.3) is 0 Å². The third kappa shape index (κ3) is 2.45. The highest BCUT2D eigenvalue weighted by molar-refractivity contribution is 5.21. The maximum absolute atomic E-state index is 13.2. The molecule has 1 aliphatic rings. The van der Waals surface area contributed by atoms with Crippen LogP contribution in [-0.4, -0.2) is 21.3 Å². The molecule has 0 amide bonds. The fraction of sp³-hybridized carbons (Fsp3) is 0.467. The second-order valence-corrected chi connectivity index (χ2v) is 5.61. The molecule has 5 heteroatoms. The van der Waals surface area contributed by atoms with E-state index in [0.717, 1.165) is 30.3 Å². The predicted molar refractivity (Wildman–Crippen MR) is 74.8 cm³/mol. The Kier molecular flexibility index (Phi) is 3.53. The van der Waals surface area contributed by atoms with Gasteiger partial charge in [-0.2, -0.15) is 0 Å². The fourth-order valence-electron chi connectivity index (χ4n) is 2.74. The number of rotatable bonds is 3. The highest BCUT2D eigenvalue weighted by atomic mass is 19.1. The summed E-state index contributed by atoms with van der Waals surface area (Å²) < 4.78 is 15.4. The Morgan fingerprint density at radius 1 is 1.40 bits per heavy atom. The molecular weight excluding hydrogens is 255 g/mol. The minimum atomic E-state index is -0.206. The Hall–Kier alpha value is -1.75. The van der Waals surface area contributed by atoms with Gasteiger partial charge in [0.15, 0.2) is 5.82 Å². The van der Waals surface area contributed by atoms with E-state index in [1.54, 1.807) is 12.1 Å². The Bertz CT molecular complexity index is 606. The van der Waals surface area contributed by atoms with E-state index in [4.69, 9.17) is 0 Å². The van der Waals surface area contributed by atoms with Crippen LogP contribution in [0.2, 0.25) is 0 Å². The van der Waals surface area contributed by atoms with Gasteiger partial charge in [-0.15, -0.1) is 10.2 Å². The Morgan fingerprint density at radius 2 is 2.25 bits per heavy atom. The van der Waals surface area contributed by atoms with Crippen molar-refractivity contribution in [3.8, 4) is 0 Å². The van der Waals surface area contributed by atoms with E-state index in [0.29, 0.717) is 12.3 Å². The molecule has 0 aliphatic carbocycles. The molecule has 1 aromatic carbocycles. The van der Waals surface area contributed by atoms with Gasteiger partial charge >= 0.3 is 0 Å². The van der Waals surface area contributed by atoms with Gasteiger partial charge in [-0.25, -0.2) is 4.39 Å². The molecule has 0 saturated carbocycles. The minimum Gasteiger partial charge on any atom is -0.312 e. The molecule has 1 aliphatic heterocycles. The number of fused-ring (bicyclic) bond motifs is 1. The summed E-state index contributed by atoms with van der Waals surface area (Å²) in [7, 11) is 0. The highest BCUT2D eigenvalue weighted by Crippen LogP contribution is 2.24. The molecule has 3 rings (SSSR count). The van der Waals surface area contributed by atoms with E-state index in [2.05, 4.69) is 33.9 Å². The first kappa shape index (κ1) is 13.2. The van der Waals surface area contributed by atoms with Crippen molar-refractivity contribution in [1.82, 2.24) is 20.1 Å². The molecule has 1 aromatic heterocycles. The predicted octanol–water partition coefficient (Wildman–Crippen LogP) is 2.31. The lowest BCUT2D eigenvalue weighted by molar-refractivity contribution is 0.335. The van der Waals surface area contributed by atoms with Crippen LogP contribution in [0.25, 0.3) is 0 Å². The summed E-state index contributed by atoms with van der Waals surface area (Å²) in [4.78, 5) is 0. The topological polar surface area (TPSA) is 42.7 Å². The molecule has 2 aromatic rings. The second kappa shape index (κ2) is 5.32. The van der Waals surface area contributed by atoms with Crippen molar-refractivity contribution in [2.24, 2.45) is 5.92 Å². The van der Waals surface area contributed by atoms with E-state index >= 15 is 0 Å². The Labute approximate surface area is 118 Å². The molecule has 106 valence electrons. The molecule has 4 nitrogen and oxygen atoms in total. The zero-order valence-corrected chi connectivity index (χ0v) is 11.8. The van der Waals surface area contributed by atoms with E-state index in [-0.39, 0.29) is 11.9 Å². The van der Waals surface area contributed by atoms with Gasteiger partial charge in [0, 0.05) is 19.5 Å². The highest BCUT2D eigenvalue weighted by Gasteiger charge is 2.26. The van der Waals surface area contributed by atoms with Crippen LogP contribution < -0.4 is 5.32 Å². The molecule has 0 saturated heterocycles. The standard InChI is InChI=1S/C15H19FN4/c1-10(2)14-15-19-18-13(20(15)7-6-17-14)9-11-4-3-5-12(16)8-11/h3-5,8,10,14,17H,6-7,9H2,1-2H3. The van der Waals surface area contributed by atoms with Gasteiger partial charge in [0.05, 0.1) is 6.04 Å². The molecule has 0 bridgehead atoms. The fourth-order valence-corrected chi connectivity index (χ4v) is 2.74. The number of benzene rings is 1. The van der Waals surface area contributed by atoms with Crippen molar-refractivity contribution < 1.29 is 4.39 Å². The van der Waals surface area contributed by atoms with Crippen LogP contribution in [0.3, 0.4) is 0 Å². The van der Waals surface area contributed by atoms with Crippen LogP contribution in [0.5, 0.6) is 0 Å². The van der Waals surface area contributed by atoms with Crippen molar-refractivity contribution in [3.05, 3.63) is 47.3 Å². The van der Waals surface area contributed by atoms with Gasteiger partial charge in [0.2, 0.25) is 0 Å². The lowest BCUT2D eigenvalue weighted by Crippen LogP contribution is -2.37. The third-order valence-electron chi connectivity index (χ3n) is 3.75. The van der Waals surface area contributed by atoms with Gasteiger partial charge in [-0.3, -0.25) is 0 Å². The first-order chi connectivity index (χ1) is 9.65. The van der Waals surface area contributed by atoms with Crippen molar-refractivity contribution in [3.63, 3.8) is 0 Å². The smallest absolute Gasteiger partial charge is 0.150 e. The van der Waals surface area contributed by atoms with Gasteiger partial charge in [0.1, 0.15) is 11.6 Å². The maximum atomic E-state index is 13.2. The summed E-state index contributed by atoms with van der Waals surface area (Å²) in [6, 6.07) is 6.92. The summed E-state index contributed by atoms with van der Waals surface area (Å²) in [5, 5.41) is 12.1. The first-order valence-corrected chi connectivity index (χ1v) is 7.05. The summed E-state index contributed by atoms with van der Waals surface area (Å²) in [6.45, 7) is 6.14. The van der Waals surface area contributed by atoms with Crippen LogP contribution in [0.4, 0.5) is 4.39 Å². The van der Waals surface area contributed by atoms with Crippen LogP contribution in [0.15, 0.2) is 24.3 Å². The zero-order chi connectivity index (χ0) is 14.1. The number of aromatic nitrogens is 3. The molecule has 1 atom stereocenters. The molecule has 0 fully saturated rings.